The topological polar surface area (TPSA) is 130 Å². The zero-order valence-corrected chi connectivity index (χ0v) is 8.66. The van der Waals surface area contributed by atoms with Gasteiger partial charge in [0.15, 0.2) is 0 Å². The van der Waals surface area contributed by atoms with Crippen molar-refractivity contribution >= 4 is 11.7 Å². The van der Waals surface area contributed by atoms with Crippen molar-refractivity contribution in [1.82, 2.24) is 0 Å². The highest BCUT2D eigenvalue weighted by Gasteiger charge is 2.20. The highest BCUT2D eigenvalue weighted by molar-refractivity contribution is 5.73. The van der Waals surface area contributed by atoms with E-state index in [1.807, 2.05) is 0 Å². The fourth-order valence-corrected chi connectivity index (χ4v) is 1.30. The predicted octanol–water partition coefficient (Wildman–Crippen LogP) is 0.421. The minimum absolute atomic E-state index is 0.143. The molecule has 0 saturated carbocycles. The average molecular weight is 235 g/mol. The van der Waals surface area contributed by atoms with Crippen LogP contribution in [0.4, 0.5) is 5.69 Å². The van der Waals surface area contributed by atoms with Crippen LogP contribution in [-0.4, -0.2) is 22.0 Å². The zero-order chi connectivity index (χ0) is 13.0. The molecule has 7 nitrogen and oxygen atoms in total. The summed E-state index contributed by atoms with van der Waals surface area (Å²) < 4.78 is 0. The number of nitro benzene ring substituents is 1. The predicted molar refractivity (Wildman–Crippen MR) is 57.1 cm³/mol. The molecule has 7 heteroatoms. The van der Waals surface area contributed by atoms with E-state index in [-0.39, 0.29) is 23.2 Å². The fraction of sp³-hybridized carbons (Fsp3) is 0.200. The van der Waals surface area contributed by atoms with Crippen LogP contribution in [0, 0.1) is 21.4 Å². The largest absolute Gasteiger partial charge is 0.480 e. The Bertz CT molecular complexity index is 507. The van der Waals surface area contributed by atoms with Gasteiger partial charge in [0.2, 0.25) is 0 Å². The first-order valence-corrected chi connectivity index (χ1v) is 4.61. The van der Waals surface area contributed by atoms with Crippen LogP contribution in [0.15, 0.2) is 18.2 Å². The van der Waals surface area contributed by atoms with Crippen LogP contribution in [0.5, 0.6) is 0 Å². The Kier molecular flexibility index (Phi) is 3.74. The Hall–Kier alpha value is -2.46. The Labute approximate surface area is 96.2 Å². The van der Waals surface area contributed by atoms with Crippen molar-refractivity contribution in [2.24, 2.45) is 5.73 Å². The number of nitrogens with two attached hydrogens (primary N) is 1. The quantitative estimate of drug-likeness (QED) is 0.574. The molecular formula is C10H9N3O4. The molecule has 0 aliphatic carbocycles. The normalized spacial score (nSPS) is 11.5. The molecule has 0 aromatic heterocycles. The van der Waals surface area contributed by atoms with E-state index >= 15 is 0 Å². The molecule has 1 aromatic rings. The Morgan fingerprint density at radius 2 is 2.29 bits per heavy atom. The molecule has 0 amide bonds. The monoisotopic (exact) mass is 235 g/mol. The minimum atomic E-state index is -1.23. The Balaban J connectivity index is 3.12. The first-order chi connectivity index (χ1) is 7.95. The molecule has 1 atom stereocenters. The van der Waals surface area contributed by atoms with Crippen LogP contribution in [-0.2, 0) is 11.2 Å². The summed E-state index contributed by atoms with van der Waals surface area (Å²) in [6.45, 7) is 0. The lowest BCUT2D eigenvalue weighted by molar-refractivity contribution is -0.385. The van der Waals surface area contributed by atoms with Gasteiger partial charge in [0.25, 0.3) is 5.69 Å². The molecule has 3 N–H and O–H groups in total. The Morgan fingerprint density at radius 3 is 2.76 bits per heavy atom. The maximum Gasteiger partial charge on any atom is 0.320 e. The fourth-order valence-electron chi connectivity index (χ4n) is 1.30. The second kappa shape index (κ2) is 5.05. The molecule has 0 fully saturated rings. The number of nitrogens with zero attached hydrogens (tertiary/aromatic N) is 2. The lowest BCUT2D eigenvalue weighted by Crippen LogP contribution is -2.32. The molecule has 0 bridgehead atoms. The van der Waals surface area contributed by atoms with Gasteiger partial charge in [-0.15, -0.1) is 0 Å². The van der Waals surface area contributed by atoms with Gasteiger partial charge in [-0.25, -0.2) is 0 Å². The highest BCUT2D eigenvalue weighted by Crippen LogP contribution is 2.21. The van der Waals surface area contributed by atoms with Gasteiger partial charge in [0, 0.05) is 18.1 Å². The van der Waals surface area contributed by atoms with Gasteiger partial charge in [-0.2, -0.15) is 5.26 Å². The van der Waals surface area contributed by atoms with Crippen molar-refractivity contribution in [2.45, 2.75) is 12.5 Å². The standard InChI is InChI=1S/C10H9N3O4/c11-5-6-1-2-7(4-8(12)10(14)15)9(3-6)13(16)17/h1-3,8H,4,12H2,(H,14,15)/t8-/m1/s1. The molecule has 1 aromatic carbocycles. The Morgan fingerprint density at radius 1 is 1.65 bits per heavy atom. The summed E-state index contributed by atoms with van der Waals surface area (Å²) in [5, 5.41) is 28.0. The average Bonchev–Trinajstić information content (AvgIpc) is 2.29. The van der Waals surface area contributed by atoms with Gasteiger partial charge in [0.1, 0.15) is 6.04 Å². The third kappa shape index (κ3) is 2.99. The number of carbonyl (C=O) groups is 1. The third-order valence-corrected chi connectivity index (χ3v) is 2.17. The van der Waals surface area contributed by atoms with Crippen molar-refractivity contribution in [2.75, 3.05) is 0 Å². The van der Waals surface area contributed by atoms with Crippen LogP contribution < -0.4 is 5.73 Å². The number of hydrogen-bond acceptors (Lipinski definition) is 5. The van der Waals surface area contributed by atoms with Crippen LogP contribution in [0.3, 0.4) is 0 Å². The summed E-state index contributed by atoms with van der Waals surface area (Å²) in [5.74, 6) is -1.23. The van der Waals surface area contributed by atoms with Crippen LogP contribution in [0.2, 0.25) is 0 Å². The van der Waals surface area contributed by atoms with Crippen molar-refractivity contribution in [1.29, 1.82) is 5.26 Å². The van der Waals surface area contributed by atoms with Crippen LogP contribution in [0.1, 0.15) is 11.1 Å². The summed E-state index contributed by atoms with van der Waals surface area (Å²) in [4.78, 5) is 20.6. The number of nitro groups is 1. The van der Waals surface area contributed by atoms with Crippen molar-refractivity contribution < 1.29 is 14.8 Å². The van der Waals surface area contributed by atoms with Crippen LogP contribution >= 0.6 is 0 Å². The van der Waals surface area contributed by atoms with Crippen molar-refractivity contribution in [3.05, 3.63) is 39.4 Å². The molecule has 0 unspecified atom stereocenters. The van der Waals surface area contributed by atoms with Gasteiger partial charge in [-0.05, 0) is 6.07 Å². The van der Waals surface area contributed by atoms with Gasteiger partial charge in [-0.3, -0.25) is 14.9 Å². The minimum Gasteiger partial charge on any atom is -0.480 e. The maximum atomic E-state index is 10.7. The molecule has 88 valence electrons. The van der Waals surface area contributed by atoms with E-state index in [9.17, 15) is 14.9 Å². The second-order valence-electron chi connectivity index (χ2n) is 3.36. The van der Waals surface area contributed by atoms with Gasteiger partial charge in [0.05, 0.1) is 16.6 Å². The second-order valence-corrected chi connectivity index (χ2v) is 3.36. The lowest BCUT2D eigenvalue weighted by atomic mass is 10.0. The van der Waals surface area contributed by atoms with E-state index in [0.717, 1.165) is 6.07 Å². The van der Waals surface area contributed by atoms with Crippen molar-refractivity contribution in [3.63, 3.8) is 0 Å². The number of aliphatic carboxylic acids is 1. The van der Waals surface area contributed by atoms with E-state index in [1.165, 1.54) is 12.1 Å². The van der Waals surface area contributed by atoms with E-state index in [4.69, 9.17) is 16.1 Å². The van der Waals surface area contributed by atoms with E-state index < -0.39 is 16.9 Å². The molecule has 1 rings (SSSR count). The van der Waals surface area contributed by atoms with Crippen molar-refractivity contribution in [3.8, 4) is 6.07 Å². The molecule has 0 spiro atoms. The molecule has 0 aliphatic rings. The van der Waals surface area contributed by atoms with Crippen LogP contribution in [0.25, 0.3) is 0 Å². The first kappa shape index (κ1) is 12.6. The molecule has 0 saturated heterocycles. The van der Waals surface area contributed by atoms with E-state index in [2.05, 4.69) is 0 Å². The molecule has 0 heterocycles. The molecule has 0 radical (unpaired) electrons. The van der Waals surface area contributed by atoms with E-state index in [0.29, 0.717) is 0 Å². The summed E-state index contributed by atoms with van der Waals surface area (Å²) in [5.41, 5.74) is 5.35. The zero-order valence-electron chi connectivity index (χ0n) is 8.66. The highest BCUT2D eigenvalue weighted by atomic mass is 16.6. The number of rotatable bonds is 4. The number of benzene rings is 1. The summed E-state index contributed by atoms with van der Waals surface area (Å²) in [7, 11) is 0. The molecule has 17 heavy (non-hydrogen) atoms. The third-order valence-electron chi connectivity index (χ3n) is 2.17. The number of hydrogen-bond donors (Lipinski definition) is 2. The maximum absolute atomic E-state index is 10.7. The molecule has 0 aliphatic heterocycles. The summed E-state index contributed by atoms with van der Waals surface area (Å²) in [6.07, 6.45) is -0.155. The number of carboxylic acids is 1. The van der Waals surface area contributed by atoms with E-state index in [1.54, 1.807) is 6.07 Å². The summed E-state index contributed by atoms with van der Waals surface area (Å²) in [6, 6.07) is 4.40. The smallest absolute Gasteiger partial charge is 0.320 e. The van der Waals surface area contributed by atoms with Gasteiger partial charge >= 0.3 is 5.97 Å². The SMILES string of the molecule is N#Cc1ccc(C[C@@H](N)C(=O)O)c([N+](=O)[O-])c1. The lowest BCUT2D eigenvalue weighted by Gasteiger charge is -2.06. The number of carboxylic acid groups (broad SMARTS) is 1. The van der Waals surface area contributed by atoms with Gasteiger partial charge in [-0.1, -0.05) is 6.07 Å². The first-order valence-electron chi connectivity index (χ1n) is 4.61. The molecular weight excluding hydrogens is 226 g/mol. The number of nitriles is 1. The van der Waals surface area contributed by atoms with Gasteiger partial charge < -0.3 is 10.8 Å². The summed E-state index contributed by atoms with van der Waals surface area (Å²) >= 11 is 0.